The van der Waals surface area contributed by atoms with Crippen molar-refractivity contribution in [3.63, 3.8) is 0 Å². The van der Waals surface area contributed by atoms with Crippen LogP contribution in [0.5, 0.6) is 5.75 Å². The zero-order valence-corrected chi connectivity index (χ0v) is 10.7. The highest BCUT2D eigenvalue weighted by molar-refractivity contribution is 14.1. The van der Waals surface area contributed by atoms with Crippen molar-refractivity contribution in [2.45, 2.75) is 12.0 Å². The SMILES string of the molecule is O=C(O)CC1(Oc2ccccc2I)CNC1. The Labute approximate surface area is 107 Å². The van der Waals surface area contributed by atoms with Crippen LogP contribution in [0.15, 0.2) is 24.3 Å². The summed E-state index contributed by atoms with van der Waals surface area (Å²) >= 11 is 2.18. The minimum Gasteiger partial charge on any atom is -0.483 e. The number of carboxylic acid groups (broad SMARTS) is 1. The monoisotopic (exact) mass is 333 g/mol. The van der Waals surface area contributed by atoms with Crippen molar-refractivity contribution < 1.29 is 14.6 Å². The molecule has 2 N–H and O–H groups in total. The van der Waals surface area contributed by atoms with Gasteiger partial charge in [0.1, 0.15) is 11.4 Å². The maximum Gasteiger partial charge on any atom is 0.307 e. The van der Waals surface area contributed by atoms with Crippen LogP contribution in [0.25, 0.3) is 0 Å². The Kier molecular flexibility index (Phi) is 3.34. The van der Waals surface area contributed by atoms with Crippen molar-refractivity contribution in [3.05, 3.63) is 27.8 Å². The molecule has 0 bridgehead atoms. The molecule has 86 valence electrons. The molecule has 1 aromatic rings. The number of ether oxygens (including phenoxy) is 1. The number of benzene rings is 1. The van der Waals surface area contributed by atoms with Crippen molar-refractivity contribution in [1.82, 2.24) is 5.32 Å². The van der Waals surface area contributed by atoms with E-state index in [4.69, 9.17) is 9.84 Å². The molecule has 5 heteroatoms. The van der Waals surface area contributed by atoms with E-state index >= 15 is 0 Å². The van der Waals surface area contributed by atoms with Crippen LogP contribution < -0.4 is 10.1 Å². The molecule has 0 atom stereocenters. The van der Waals surface area contributed by atoms with Gasteiger partial charge in [-0.3, -0.25) is 4.79 Å². The molecule has 0 saturated carbocycles. The first kappa shape index (κ1) is 11.7. The standard InChI is InChI=1S/C11H12INO3/c12-8-3-1-2-4-9(8)16-11(5-10(14)15)6-13-7-11/h1-4,13H,5-7H2,(H,14,15). The number of halogens is 1. The lowest BCUT2D eigenvalue weighted by Crippen LogP contribution is -2.64. The van der Waals surface area contributed by atoms with Crippen molar-refractivity contribution in [3.8, 4) is 5.75 Å². The molecule has 0 radical (unpaired) electrons. The second kappa shape index (κ2) is 4.58. The number of aliphatic carboxylic acids is 1. The van der Waals surface area contributed by atoms with Gasteiger partial charge in [-0.1, -0.05) is 12.1 Å². The second-order valence-corrected chi connectivity index (χ2v) is 5.05. The summed E-state index contributed by atoms with van der Waals surface area (Å²) in [6, 6.07) is 7.62. The van der Waals surface area contributed by atoms with E-state index in [1.54, 1.807) is 0 Å². The van der Waals surface area contributed by atoms with Crippen LogP contribution in [-0.4, -0.2) is 29.8 Å². The Morgan fingerprint density at radius 3 is 2.69 bits per heavy atom. The topological polar surface area (TPSA) is 58.6 Å². The molecular weight excluding hydrogens is 321 g/mol. The molecule has 0 amide bonds. The molecule has 1 aliphatic rings. The number of nitrogens with one attached hydrogen (secondary N) is 1. The van der Waals surface area contributed by atoms with Gasteiger partial charge in [0.15, 0.2) is 0 Å². The number of rotatable bonds is 4. The van der Waals surface area contributed by atoms with Gasteiger partial charge in [0, 0.05) is 13.1 Å². The van der Waals surface area contributed by atoms with Gasteiger partial charge in [-0.15, -0.1) is 0 Å². The summed E-state index contributed by atoms with van der Waals surface area (Å²) in [4.78, 5) is 10.8. The fourth-order valence-electron chi connectivity index (χ4n) is 1.67. The lowest BCUT2D eigenvalue weighted by molar-refractivity contribution is -0.143. The quantitative estimate of drug-likeness (QED) is 0.820. The highest BCUT2D eigenvalue weighted by Gasteiger charge is 2.41. The van der Waals surface area contributed by atoms with Gasteiger partial charge < -0.3 is 15.2 Å². The first-order valence-electron chi connectivity index (χ1n) is 4.97. The first-order chi connectivity index (χ1) is 7.61. The maximum atomic E-state index is 10.8. The van der Waals surface area contributed by atoms with Crippen LogP contribution in [-0.2, 0) is 4.79 Å². The Morgan fingerprint density at radius 2 is 2.19 bits per heavy atom. The van der Waals surface area contributed by atoms with E-state index in [1.807, 2.05) is 24.3 Å². The highest BCUT2D eigenvalue weighted by atomic mass is 127. The summed E-state index contributed by atoms with van der Waals surface area (Å²) in [5, 5.41) is 11.9. The molecule has 16 heavy (non-hydrogen) atoms. The number of hydrogen-bond donors (Lipinski definition) is 2. The Morgan fingerprint density at radius 1 is 1.50 bits per heavy atom. The van der Waals surface area contributed by atoms with Gasteiger partial charge in [0.25, 0.3) is 0 Å². The fourth-order valence-corrected chi connectivity index (χ4v) is 2.17. The molecule has 0 aromatic heterocycles. The second-order valence-electron chi connectivity index (χ2n) is 3.89. The average molecular weight is 333 g/mol. The van der Waals surface area contributed by atoms with Crippen molar-refractivity contribution >= 4 is 28.6 Å². The molecule has 1 aliphatic heterocycles. The lowest BCUT2D eigenvalue weighted by Gasteiger charge is -2.41. The van der Waals surface area contributed by atoms with Crippen LogP contribution in [0.4, 0.5) is 0 Å². The highest BCUT2D eigenvalue weighted by Crippen LogP contribution is 2.28. The number of carboxylic acids is 1. The van der Waals surface area contributed by atoms with Crippen LogP contribution in [0.3, 0.4) is 0 Å². The molecule has 4 nitrogen and oxygen atoms in total. The zero-order chi connectivity index (χ0) is 11.6. The summed E-state index contributed by atoms with van der Waals surface area (Å²) in [5.41, 5.74) is -0.576. The van der Waals surface area contributed by atoms with Crippen molar-refractivity contribution in [2.24, 2.45) is 0 Å². The molecule has 1 heterocycles. The molecule has 0 aliphatic carbocycles. The summed E-state index contributed by atoms with van der Waals surface area (Å²) in [5.74, 6) is -0.0710. The molecule has 2 rings (SSSR count). The van der Waals surface area contributed by atoms with E-state index < -0.39 is 11.6 Å². The molecule has 1 saturated heterocycles. The Balaban J connectivity index is 2.13. The minimum absolute atomic E-state index is 0.0327. The van der Waals surface area contributed by atoms with Gasteiger partial charge in [0.2, 0.25) is 0 Å². The molecular formula is C11H12INO3. The van der Waals surface area contributed by atoms with E-state index in [0.717, 1.165) is 9.32 Å². The average Bonchev–Trinajstić information content (AvgIpc) is 2.17. The third-order valence-corrected chi connectivity index (χ3v) is 3.42. The Hall–Kier alpha value is -0.820. The minimum atomic E-state index is -0.826. The van der Waals surface area contributed by atoms with Crippen molar-refractivity contribution in [1.29, 1.82) is 0 Å². The zero-order valence-electron chi connectivity index (χ0n) is 8.57. The van der Waals surface area contributed by atoms with Crippen LogP contribution in [0.1, 0.15) is 6.42 Å². The van der Waals surface area contributed by atoms with Gasteiger partial charge in [-0.05, 0) is 34.7 Å². The van der Waals surface area contributed by atoms with E-state index in [1.165, 1.54) is 0 Å². The lowest BCUT2D eigenvalue weighted by atomic mass is 9.92. The molecule has 0 spiro atoms. The summed E-state index contributed by atoms with van der Waals surface area (Å²) in [6.45, 7) is 1.18. The Bertz CT molecular complexity index is 404. The van der Waals surface area contributed by atoms with E-state index in [-0.39, 0.29) is 6.42 Å². The van der Waals surface area contributed by atoms with Gasteiger partial charge in [-0.25, -0.2) is 0 Å². The third-order valence-electron chi connectivity index (χ3n) is 2.53. The van der Waals surface area contributed by atoms with Crippen LogP contribution in [0, 0.1) is 3.57 Å². The summed E-state index contributed by atoms with van der Waals surface area (Å²) in [6.07, 6.45) is 0.0327. The predicted molar refractivity (Wildman–Crippen MR) is 67.6 cm³/mol. The van der Waals surface area contributed by atoms with E-state index in [9.17, 15) is 4.79 Å². The van der Waals surface area contributed by atoms with E-state index in [0.29, 0.717) is 13.1 Å². The molecule has 1 fully saturated rings. The van der Waals surface area contributed by atoms with Crippen LogP contribution >= 0.6 is 22.6 Å². The van der Waals surface area contributed by atoms with Gasteiger partial charge >= 0.3 is 5.97 Å². The van der Waals surface area contributed by atoms with E-state index in [2.05, 4.69) is 27.9 Å². The predicted octanol–water partition coefficient (Wildman–Crippen LogP) is 1.49. The number of para-hydroxylation sites is 1. The normalized spacial score (nSPS) is 17.6. The van der Waals surface area contributed by atoms with Gasteiger partial charge in [0.05, 0.1) is 9.99 Å². The van der Waals surface area contributed by atoms with Crippen LogP contribution in [0.2, 0.25) is 0 Å². The smallest absolute Gasteiger partial charge is 0.307 e. The molecule has 1 aromatic carbocycles. The summed E-state index contributed by atoms with van der Waals surface area (Å²) in [7, 11) is 0. The number of carbonyl (C=O) groups is 1. The van der Waals surface area contributed by atoms with Crippen molar-refractivity contribution in [2.75, 3.05) is 13.1 Å². The molecule has 0 unspecified atom stereocenters. The number of hydrogen-bond acceptors (Lipinski definition) is 3. The summed E-state index contributed by atoms with van der Waals surface area (Å²) < 4.78 is 6.83. The third kappa shape index (κ3) is 2.46. The first-order valence-corrected chi connectivity index (χ1v) is 6.05. The van der Waals surface area contributed by atoms with Gasteiger partial charge in [-0.2, -0.15) is 0 Å². The largest absolute Gasteiger partial charge is 0.483 e. The maximum absolute atomic E-state index is 10.8. The fraction of sp³-hybridized carbons (Fsp3) is 0.364.